The molecular weight excluding hydrogens is 323 g/mol. The van der Waals surface area contributed by atoms with Crippen molar-refractivity contribution >= 4 is 17.5 Å². The van der Waals surface area contributed by atoms with Gasteiger partial charge in [0.2, 0.25) is 11.8 Å². The molecule has 1 rings (SSSR count). The summed E-state index contributed by atoms with van der Waals surface area (Å²) in [6.45, 7) is 3.93. The molecule has 0 aliphatic carbocycles. The van der Waals surface area contributed by atoms with Crippen molar-refractivity contribution in [2.75, 3.05) is 32.5 Å². The average Bonchev–Trinajstić information content (AvgIpc) is 2.46. The van der Waals surface area contributed by atoms with Gasteiger partial charge in [0, 0.05) is 18.8 Å². The molecule has 0 fully saturated rings. The lowest BCUT2D eigenvalue weighted by Gasteiger charge is -2.23. The molecule has 0 spiro atoms. The van der Waals surface area contributed by atoms with Gasteiger partial charge in [0.05, 0.1) is 5.56 Å². The number of benzene rings is 1. The van der Waals surface area contributed by atoms with Gasteiger partial charge in [-0.1, -0.05) is 0 Å². The van der Waals surface area contributed by atoms with Crippen LogP contribution in [0.15, 0.2) is 24.3 Å². The second-order valence-corrected chi connectivity index (χ2v) is 6.21. The molecule has 0 radical (unpaired) electrons. The van der Waals surface area contributed by atoms with Crippen LogP contribution in [0.2, 0.25) is 0 Å². The topological polar surface area (TPSA) is 61.4 Å². The Morgan fingerprint density at radius 3 is 2.04 bits per heavy atom. The van der Waals surface area contributed by atoms with Gasteiger partial charge in [-0.15, -0.1) is 0 Å². The molecular formula is C16H22F3N3O2. The number of carbonyl (C=O) groups excluding carboxylic acids is 2. The number of nitrogens with zero attached hydrogens (tertiary/aromatic N) is 1. The number of amides is 2. The highest BCUT2D eigenvalue weighted by Crippen LogP contribution is 2.30. The molecule has 0 aliphatic rings. The first-order valence-corrected chi connectivity index (χ1v) is 7.36. The van der Waals surface area contributed by atoms with Gasteiger partial charge in [-0.25, -0.2) is 0 Å². The van der Waals surface area contributed by atoms with Crippen LogP contribution in [-0.2, 0) is 15.8 Å². The van der Waals surface area contributed by atoms with Crippen LogP contribution in [0.4, 0.5) is 18.9 Å². The molecule has 0 aliphatic heterocycles. The van der Waals surface area contributed by atoms with Gasteiger partial charge in [-0.2, -0.15) is 13.2 Å². The van der Waals surface area contributed by atoms with Gasteiger partial charge >= 0.3 is 6.18 Å². The Bertz CT molecular complexity index is 581. The minimum atomic E-state index is -4.44. The lowest BCUT2D eigenvalue weighted by Crippen LogP contribution is -2.46. The third-order valence-corrected chi connectivity index (χ3v) is 3.45. The number of rotatable bonds is 6. The predicted octanol–water partition coefficient (Wildman–Crippen LogP) is 2.35. The maximum atomic E-state index is 12.5. The second kappa shape index (κ2) is 7.65. The lowest BCUT2D eigenvalue weighted by molar-refractivity contribution is -0.139. The summed E-state index contributed by atoms with van der Waals surface area (Å²) in [5.74, 6) is -1.04. The summed E-state index contributed by atoms with van der Waals surface area (Å²) in [7, 11) is 3.71. The van der Waals surface area contributed by atoms with Gasteiger partial charge in [-0.05, 0) is 52.2 Å². The summed E-state index contributed by atoms with van der Waals surface area (Å²) in [5, 5.41) is 5.12. The number of hydrogen-bond donors (Lipinski definition) is 2. The summed E-state index contributed by atoms with van der Waals surface area (Å²) >= 11 is 0. The maximum absolute atomic E-state index is 12.5. The van der Waals surface area contributed by atoms with Gasteiger partial charge < -0.3 is 15.5 Å². The fourth-order valence-electron chi connectivity index (χ4n) is 1.75. The van der Waals surface area contributed by atoms with Crippen LogP contribution in [0.3, 0.4) is 0 Å². The Kier molecular flexibility index (Phi) is 6.36. The molecule has 0 unspecified atom stereocenters. The quantitative estimate of drug-likeness (QED) is 0.778. The predicted molar refractivity (Wildman–Crippen MR) is 85.4 cm³/mol. The monoisotopic (exact) mass is 345 g/mol. The molecule has 0 aromatic heterocycles. The Balaban J connectivity index is 2.69. The van der Waals surface area contributed by atoms with Crippen molar-refractivity contribution < 1.29 is 22.8 Å². The molecule has 5 nitrogen and oxygen atoms in total. The summed E-state index contributed by atoms with van der Waals surface area (Å²) < 4.78 is 37.5. The van der Waals surface area contributed by atoms with E-state index in [2.05, 4.69) is 10.6 Å². The lowest BCUT2D eigenvalue weighted by atomic mass is 9.91. The van der Waals surface area contributed by atoms with Crippen molar-refractivity contribution in [2.45, 2.75) is 20.0 Å². The third kappa shape index (κ3) is 5.52. The molecule has 134 valence electrons. The maximum Gasteiger partial charge on any atom is 0.416 e. The highest BCUT2D eigenvalue weighted by Gasteiger charge is 2.36. The van der Waals surface area contributed by atoms with Crippen LogP contribution in [0.1, 0.15) is 19.4 Å². The van der Waals surface area contributed by atoms with Crippen molar-refractivity contribution in [1.82, 2.24) is 10.2 Å². The first kappa shape index (κ1) is 20.0. The Morgan fingerprint density at radius 1 is 1.04 bits per heavy atom. The standard InChI is InChI=1S/C16H22F3N3O2/c1-15(2,13(23)20-9-10-22(3)4)14(24)21-12-7-5-11(6-8-12)16(17,18)19/h5-8H,9-10H2,1-4H3,(H,20,23)(H,21,24). The fourth-order valence-corrected chi connectivity index (χ4v) is 1.75. The molecule has 2 N–H and O–H groups in total. The molecule has 2 amide bonds. The first-order valence-electron chi connectivity index (χ1n) is 7.36. The second-order valence-electron chi connectivity index (χ2n) is 6.21. The number of nitrogens with one attached hydrogen (secondary N) is 2. The molecule has 0 saturated heterocycles. The zero-order chi connectivity index (χ0) is 18.5. The van der Waals surface area contributed by atoms with Crippen molar-refractivity contribution in [2.24, 2.45) is 5.41 Å². The van der Waals surface area contributed by atoms with Crippen LogP contribution in [0.25, 0.3) is 0 Å². The van der Waals surface area contributed by atoms with Crippen LogP contribution < -0.4 is 10.6 Å². The molecule has 1 aromatic rings. The SMILES string of the molecule is CN(C)CCNC(=O)C(C)(C)C(=O)Nc1ccc(C(F)(F)F)cc1. The van der Waals surface area contributed by atoms with Crippen molar-refractivity contribution in [3.63, 3.8) is 0 Å². The van der Waals surface area contributed by atoms with Crippen LogP contribution in [0.5, 0.6) is 0 Å². The van der Waals surface area contributed by atoms with E-state index in [1.165, 1.54) is 13.8 Å². The van der Waals surface area contributed by atoms with E-state index in [0.717, 1.165) is 24.3 Å². The van der Waals surface area contributed by atoms with Gasteiger partial charge in [-0.3, -0.25) is 9.59 Å². The molecule has 0 atom stereocenters. The van der Waals surface area contributed by atoms with E-state index >= 15 is 0 Å². The molecule has 24 heavy (non-hydrogen) atoms. The number of carbonyl (C=O) groups is 2. The fraction of sp³-hybridized carbons (Fsp3) is 0.500. The number of anilines is 1. The summed E-state index contributed by atoms with van der Waals surface area (Å²) in [5.41, 5.74) is -1.96. The van der Waals surface area contributed by atoms with Crippen LogP contribution in [0, 0.1) is 5.41 Å². The summed E-state index contributed by atoms with van der Waals surface area (Å²) in [6.07, 6.45) is -4.44. The zero-order valence-corrected chi connectivity index (χ0v) is 14.1. The van der Waals surface area contributed by atoms with E-state index in [9.17, 15) is 22.8 Å². The van der Waals surface area contributed by atoms with E-state index in [1.54, 1.807) is 0 Å². The number of halogens is 3. The first-order chi connectivity index (χ1) is 10.9. The highest BCUT2D eigenvalue weighted by molar-refractivity contribution is 6.09. The minimum Gasteiger partial charge on any atom is -0.354 e. The van der Waals surface area contributed by atoms with Crippen molar-refractivity contribution in [3.05, 3.63) is 29.8 Å². The van der Waals surface area contributed by atoms with E-state index in [-0.39, 0.29) is 5.69 Å². The zero-order valence-electron chi connectivity index (χ0n) is 14.1. The summed E-state index contributed by atoms with van der Waals surface area (Å²) in [6, 6.07) is 4.06. The van der Waals surface area contributed by atoms with E-state index in [1.807, 2.05) is 19.0 Å². The molecule has 0 heterocycles. The molecule has 1 aromatic carbocycles. The smallest absolute Gasteiger partial charge is 0.354 e. The third-order valence-electron chi connectivity index (χ3n) is 3.45. The number of hydrogen-bond acceptors (Lipinski definition) is 3. The Hall–Kier alpha value is -2.09. The van der Waals surface area contributed by atoms with Crippen LogP contribution >= 0.6 is 0 Å². The van der Waals surface area contributed by atoms with Crippen molar-refractivity contribution in [3.8, 4) is 0 Å². The largest absolute Gasteiger partial charge is 0.416 e. The molecule has 0 saturated carbocycles. The van der Waals surface area contributed by atoms with Gasteiger partial charge in [0.1, 0.15) is 5.41 Å². The number of alkyl halides is 3. The Labute approximate surface area is 139 Å². The van der Waals surface area contributed by atoms with Crippen LogP contribution in [-0.4, -0.2) is 43.9 Å². The highest BCUT2D eigenvalue weighted by atomic mass is 19.4. The van der Waals surface area contributed by atoms with Gasteiger partial charge in [0.15, 0.2) is 0 Å². The van der Waals surface area contributed by atoms with Crippen molar-refractivity contribution in [1.29, 1.82) is 0 Å². The molecule has 0 bridgehead atoms. The molecule has 8 heteroatoms. The summed E-state index contributed by atoms with van der Waals surface area (Å²) in [4.78, 5) is 26.3. The van der Waals surface area contributed by atoms with E-state index < -0.39 is 29.0 Å². The average molecular weight is 345 g/mol. The van der Waals surface area contributed by atoms with Gasteiger partial charge in [0.25, 0.3) is 0 Å². The van der Waals surface area contributed by atoms with E-state index in [4.69, 9.17) is 0 Å². The number of likely N-dealkylation sites (N-methyl/N-ethyl adjacent to an activating group) is 1. The normalized spacial score (nSPS) is 12.2. The Morgan fingerprint density at radius 2 is 1.58 bits per heavy atom. The van der Waals surface area contributed by atoms with E-state index in [0.29, 0.717) is 13.1 Å². The minimum absolute atomic E-state index is 0.196.